The Kier molecular flexibility index (Phi) is 5.85. The van der Waals surface area contributed by atoms with Gasteiger partial charge in [0, 0.05) is 11.4 Å². The summed E-state index contributed by atoms with van der Waals surface area (Å²) in [5.74, 6) is 1.53. The largest absolute Gasteiger partial charge is 0.348 e. The molecule has 1 heterocycles. The van der Waals surface area contributed by atoms with Crippen LogP contribution in [0.25, 0.3) is 5.69 Å². The fraction of sp³-hybridized carbons (Fsp3) is 0.211. The lowest BCUT2D eigenvalue weighted by molar-refractivity contribution is -0.120. The van der Waals surface area contributed by atoms with E-state index in [2.05, 4.69) is 27.6 Å². The molecule has 1 aromatic heterocycles. The summed E-state index contributed by atoms with van der Waals surface area (Å²) in [6, 6.07) is 20.0. The Balaban J connectivity index is 1.53. The molecule has 3 rings (SSSR count). The fourth-order valence-corrected chi connectivity index (χ4v) is 3.23. The number of aromatic nitrogens is 3. The zero-order chi connectivity index (χ0) is 17.5. The molecular formula is C19H20N4OS. The topological polar surface area (TPSA) is 59.8 Å². The van der Waals surface area contributed by atoms with E-state index in [1.165, 1.54) is 5.56 Å². The summed E-state index contributed by atoms with van der Waals surface area (Å²) in [7, 11) is 0. The average Bonchev–Trinajstić information content (AvgIpc) is 3.14. The van der Waals surface area contributed by atoms with Crippen molar-refractivity contribution in [3.05, 3.63) is 78.4 Å². The van der Waals surface area contributed by atoms with Crippen molar-refractivity contribution < 1.29 is 4.79 Å². The molecule has 0 spiro atoms. The van der Waals surface area contributed by atoms with Gasteiger partial charge < -0.3 is 5.32 Å². The minimum atomic E-state index is -0.131. The van der Waals surface area contributed by atoms with Gasteiger partial charge in [-0.2, -0.15) is 0 Å². The lowest BCUT2D eigenvalue weighted by atomic mass is 10.2. The minimum Gasteiger partial charge on any atom is -0.348 e. The monoisotopic (exact) mass is 352 g/mol. The second-order valence-electron chi connectivity index (χ2n) is 5.61. The Morgan fingerprint density at radius 2 is 1.80 bits per heavy atom. The standard InChI is InChI=1S/C19H20N4OS/c1-15(25-13-16-8-4-2-5-9-16)19(24)20-12-18-22-21-14-23(18)17-10-6-3-7-11-17/h2-11,14-15H,12-13H2,1H3,(H,20,24). The molecular weight excluding hydrogens is 332 g/mol. The summed E-state index contributed by atoms with van der Waals surface area (Å²) in [6.07, 6.45) is 1.66. The Morgan fingerprint density at radius 3 is 2.52 bits per heavy atom. The normalized spacial score (nSPS) is 11.9. The number of para-hydroxylation sites is 1. The molecule has 0 aliphatic heterocycles. The van der Waals surface area contributed by atoms with E-state index in [1.807, 2.05) is 60.0 Å². The number of hydrogen-bond donors (Lipinski definition) is 1. The van der Waals surface area contributed by atoms with E-state index in [0.29, 0.717) is 12.4 Å². The number of amides is 1. The van der Waals surface area contributed by atoms with Gasteiger partial charge in [-0.3, -0.25) is 9.36 Å². The molecule has 0 radical (unpaired) electrons. The van der Waals surface area contributed by atoms with Crippen molar-refractivity contribution in [2.75, 3.05) is 0 Å². The first-order chi connectivity index (χ1) is 12.2. The highest BCUT2D eigenvalue weighted by atomic mass is 32.2. The highest BCUT2D eigenvalue weighted by Crippen LogP contribution is 2.17. The number of rotatable bonds is 7. The first-order valence-corrected chi connectivity index (χ1v) is 9.16. The summed E-state index contributed by atoms with van der Waals surface area (Å²) in [4.78, 5) is 12.3. The highest BCUT2D eigenvalue weighted by Gasteiger charge is 2.15. The number of carbonyl (C=O) groups excluding carboxylic acids is 1. The van der Waals surface area contributed by atoms with Crippen LogP contribution in [0.4, 0.5) is 0 Å². The quantitative estimate of drug-likeness (QED) is 0.709. The van der Waals surface area contributed by atoms with Crippen LogP contribution in [0.1, 0.15) is 18.3 Å². The van der Waals surface area contributed by atoms with E-state index in [1.54, 1.807) is 18.1 Å². The maximum Gasteiger partial charge on any atom is 0.233 e. The Labute approximate surface area is 151 Å². The maximum atomic E-state index is 12.3. The van der Waals surface area contributed by atoms with Crippen LogP contribution >= 0.6 is 11.8 Å². The lowest BCUT2D eigenvalue weighted by Crippen LogP contribution is -2.31. The molecule has 2 aromatic carbocycles. The van der Waals surface area contributed by atoms with Crippen LogP contribution in [0.2, 0.25) is 0 Å². The van der Waals surface area contributed by atoms with Crippen molar-refractivity contribution in [1.82, 2.24) is 20.1 Å². The molecule has 0 saturated heterocycles. The third-order valence-corrected chi connectivity index (χ3v) is 5.00. The van der Waals surface area contributed by atoms with E-state index >= 15 is 0 Å². The van der Waals surface area contributed by atoms with Crippen LogP contribution in [0, 0.1) is 0 Å². The van der Waals surface area contributed by atoms with Gasteiger partial charge in [0.05, 0.1) is 11.8 Å². The highest BCUT2D eigenvalue weighted by molar-refractivity contribution is 7.99. The maximum absolute atomic E-state index is 12.3. The molecule has 0 bridgehead atoms. The zero-order valence-electron chi connectivity index (χ0n) is 14.0. The van der Waals surface area contributed by atoms with Gasteiger partial charge in [-0.25, -0.2) is 0 Å². The third kappa shape index (κ3) is 4.70. The Morgan fingerprint density at radius 1 is 1.12 bits per heavy atom. The number of benzene rings is 2. The summed E-state index contributed by atoms with van der Waals surface area (Å²) < 4.78 is 1.88. The first-order valence-electron chi connectivity index (χ1n) is 8.11. The molecule has 1 atom stereocenters. The number of thioether (sulfide) groups is 1. The third-order valence-electron chi connectivity index (χ3n) is 3.79. The molecule has 1 amide bonds. The first kappa shape index (κ1) is 17.2. The molecule has 0 fully saturated rings. The van der Waals surface area contributed by atoms with Gasteiger partial charge in [-0.05, 0) is 24.6 Å². The number of carbonyl (C=O) groups is 1. The second kappa shape index (κ2) is 8.48. The van der Waals surface area contributed by atoms with Crippen LogP contribution in [0.5, 0.6) is 0 Å². The predicted molar refractivity (Wildman–Crippen MR) is 100 cm³/mol. The van der Waals surface area contributed by atoms with Crippen molar-refractivity contribution in [2.45, 2.75) is 24.5 Å². The van der Waals surface area contributed by atoms with Crippen LogP contribution in [0.3, 0.4) is 0 Å². The molecule has 3 aromatic rings. The van der Waals surface area contributed by atoms with Crippen molar-refractivity contribution in [1.29, 1.82) is 0 Å². The SMILES string of the molecule is CC(SCc1ccccc1)C(=O)NCc1nncn1-c1ccccc1. The molecule has 6 heteroatoms. The molecule has 25 heavy (non-hydrogen) atoms. The van der Waals surface area contributed by atoms with Gasteiger partial charge >= 0.3 is 0 Å². The van der Waals surface area contributed by atoms with Gasteiger partial charge in [0.15, 0.2) is 5.82 Å². The molecule has 5 nitrogen and oxygen atoms in total. The summed E-state index contributed by atoms with van der Waals surface area (Å²) in [5, 5.41) is 10.9. The van der Waals surface area contributed by atoms with Crippen LogP contribution in [-0.2, 0) is 17.1 Å². The van der Waals surface area contributed by atoms with Crippen LogP contribution in [-0.4, -0.2) is 25.9 Å². The van der Waals surface area contributed by atoms with Crippen molar-refractivity contribution in [3.63, 3.8) is 0 Å². The molecule has 128 valence electrons. The molecule has 0 aliphatic carbocycles. The number of hydrogen-bond acceptors (Lipinski definition) is 4. The summed E-state index contributed by atoms with van der Waals surface area (Å²) in [6.45, 7) is 2.27. The van der Waals surface area contributed by atoms with Crippen LogP contribution in [0.15, 0.2) is 67.0 Å². The van der Waals surface area contributed by atoms with E-state index in [-0.39, 0.29) is 11.2 Å². The number of nitrogens with zero attached hydrogens (tertiary/aromatic N) is 3. The predicted octanol–water partition coefficient (Wildman–Crippen LogP) is 3.21. The fourth-order valence-electron chi connectivity index (χ4n) is 2.36. The average molecular weight is 352 g/mol. The molecule has 0 saturated carbocycles. The van der Waals surface area contributed by atoms with Crippen molar-refractivity contribution in [3.8, 4) is 5.69 Å². The number of nitrogens with one attached hydrogen (secondary N) is 1. The van der Waals surface area contributed by atoms with E-state index in [0.717, 1.165) is 11.4 Å². The van der Waals surface area contributed by atoms with Crippen LogP contribution < -0.4 is 5.32 Å². The minimum absolute atomic E-state index is 0.00328. The van der Waals surface area contributed by atoms with Gasteiger partial charge in [0.1, 0.15) is 6.33 Å². The lowest BCUT2D eigenvalue weighted by Gasteiger charge is -2.12. The zero-order valence-corrected chi connectivity index (χ0v) is 14.8. The van der Waals surface area contributed by atoms with E-state index < -0.39 is 0 Å². The smallest absolute Gasteiger partial charge is 0.233 e. The Bertz CT molecular complexity index is 805. The molecule has 1 unspecified atom stereocenters. The Hall–Kier alpha value is -2.60. The summed E-state index contributed by atoms with van der Waals surface area (Å²) >= 11 is 1.62. The van der Waals surface area contributed by atoms with Gasteiger partial charge in [0.25, 0.3) is 0 Å². The van der Waals surface area contributed by atoms with E-state index in [4.69, 9.17) is 0 Å². The van der Waals surface area contributed by atoms with Gasteiger partial charge in [0.2, 0.25) is 5.91 Å². The van der Waals surface area contributed by atoms with Gasteiger partial charge in [-0.15, -0.1) is 22.0 Å². The molecule has 0 aliphatic rings. The van der Waals surface area contributed by atoms with Crippen molar-refractivity contribution in [2.24, 2.45) is 0 Å². The molecule has 1 N–H and O–H groups in total. The second-order valence-corrected chi connectivity index (χ2v) is 6.94. The summed E-state index contributed by atoms with van der Waals surface area (Å²) in [5.41, 5.74) is 2.19. The van der Waals surface area contributed by atoms with Crippen molar-refractivity contribution >= 4 is 17.7 Å². The van der Waals surface area contributed by atoms with E-state index in [9.17, 15) is 4.79 Å². The van der Waals surface area contributed by atoms with Gasteiger partial charge in [-0.1, -0.05) is 48.5 Å².